The molecular weight excluding hydrogens is 271 g/mol. The van der Waals surface area contributed by atoms with Crippen molar-refractivity contribution in [2.45, 2.75) is 25.5 Å². The lowest BCUT2D eigenvalue weighted by Gasteiger charge is -2.08. The lowest BCUT2D eigenvalue weighted by atomic mass is 10.1. The quantitative estimate of drug-likeness (QED) is 0.889. The van der Waals surface area contributed by atoms with Gasteiger partial charge in [0.1, 0.15) is 12.4 Å². The molecule has 0 aliphatic heterocycles. The summed E-state index contributed by atoms with van der Waals surface area (Å²) in [6.45, 7) is 0.0890. The van der Waals surface area contributed by atoms with E-state index < -0.39 is 11.9 Å². The highest BCUT2D eigenvalue weighted by Crippen LogP contribution is 2.40. The summed E-state index contributed by atoms with van der Waals surface area (Å²) in [4.78, 5) is 11.9. The van der Waals surface area contributed by atoms with Crippen molar-refractivity contribution >= 4 is 11.6 Å². The zero-order valence-electron chi connectivity index (χ0n) is 11.5. The Hall–Kier alpha value is -2.14. The normalized spacial score (nSPS) is 15.7. The monoisotopic (exact) mass is 288 g/mol. The Morgan fingerprint density at radius 1 is 1.38 bits per heavy atom. The third kappa shape index (κ3) is 3.31. The third-order valence-corrected chi connectivity index (χ3v) is 3.66. The zero-order valence-corrected chi connectivity index (χ0v) is 11.5. The van der Waals surface area contributed by atoms with Gasteiger partial charge in [-0.1, -0.05) is 12.1 Å². The smallest absolute Gasteiger partial charge is 0.244 e. The second-order valence-electron chi connectivity index (χ2n) is 5.43. The van der Waals surface area contributed by atoms with Crippen LogP contribution in [0.15, 0.2) is 42.7 Å². The summed E-state index contributed by atoms with van der Waals surface area (Å²) in [5.74, 6) is -0.403. The van der Waals surface area contributed by atoms with Crippen LogP contribution in [0.5, 0.6) is 0 Å². The van der Waals surface area contributed by atoms with Crippen LogP contribution in [0, 0.1) is 11.7 Å². The highest BCUT2D eigenvalue weighted by molar-refractivity contribution is 5.90. The maximum Gasteiger partial charge on any atom is 0.244 e. The highest BCUT2D eigenvalue weighted by Gasteiger charge is 2.31. The molecule has 1 aliphatic rings. The lowest BCUT2D eigenvalue weighted by Crippen LogP contribution is -2.18. The van der Waals surface area contributed by atoms with Crippen LogP contribution in [0.1, 0.15) is 24.5 Å². The van der Waals surface area contributed by atoms with Crippen molar-refractivity contribution in [2.75, 3.05) is 5.32 Å². The SMILES string of the molecule is O=C(Cn1ccc(C(O)C2CC2)c1)Nc1ccccc1F. The molecule has 3 rings (SSSR count). The van der Waals surface area contributed by atoms with E-state index in [9.17, 15) is 14.3 Å². The van der Waals surface area contributed by atoms with Gasteiger partial charge in [0.05, 0.1) is 11.8 Å². The molecule has 2 N–H and O–H groups in total. The number of benzene rings is 1. The summed E-state index contributed by atoms with van der Waals surface area (Å²) >= 11 is 0. The third-order valence-electron chi connectivity index (χ3n) is 3.66. The molecule has 0 spiro atoms. The molecule has 110 valence electrons. The fourth-order valence-corrected chi connectivity index (χ4v) is 2.33. The van der Waals surface area contributed by atoms with Crippen molar-refractivity contribution in [1.82, 2.24) is 4.57 Å². The summed E-state index contributed by atoms with van der Waals surface area (Å²) < 4.78 is 15.1. The van der Waals surface area contributed by atoms with E-state index in [0.29, 0.717) is 5.92 Å². The van der Waals surface area contributed by atoms with Crippen LogP contribution >= 0.6 is 0 Å². The number of halogens is 1. The summed E-state index contributed by atoms with van der Waals surface area (Å²) in [5.41, 5.74) is 1.00. The minimum absolute atomic E-state index is 0.0890. The van der Waals surface area contributed by atoms with E-state index in [4.69, 9.17) is 0 Å². The molecule has 1 heterocycles. The molecule has 1 atom stereocenters. The summed E-state index contributed by atoms with van der Waals surface area (Å²) in [7, 11) is 0. The number of hydrogen-bond acceptors (Lipinski definition) is 2. The van der Waals surface area contributed by atoms with Gasteiger partial charge in [-0.2, -0.15) is 0 Å². The summed E-state index contributed by atoms with van der Waals surface area (Å²) in [6.07, 6.45) is 5.19. The van der Waals surface area contributed by atoms with E-state index in [2.05, 4.69) is 5.32 Å². The van der Waals surface area contributed by atoms with E-state index in [1.807, 2.05) is 6.07 Å². The Morgan fingerprint density at radius 3 is 2.86 bits per heavy atom. The standard InChI is InChI=1S/C16H17FN2O2/c17-13-3-1-2-4-14(13)18-15(20)10-19-8-7-12(9-19)16(21)11-5-6-11/h1-4,7-9,11,16,21H,5-6,10H2,(H,18,20). The molecule has 1 fully saturated rings. The number of anilines is 1. The van der Waals surface area contributed by atoms with Gasteiger partial charge in [-0.05, 0) is 42.5 Å². The predicted octanol–water partition coefficient (Wildman–Crippen LogP) is 2.71. The number of nitrogens with zero attached hydrogens (tertiary/aromatic N) is 1. The molecule has 0 bridgehead atoms. The van der Waals surface area contributed by atoms with Crippen LogP contribution in [0.25, 0.3) is 0 Å². The molecule has 1 amide bonds. The van der Waals surface area contributed by atoms with E-state index >= 15 is 0 Å². The highest BCUT2D eigenvalue weighted by atomic mass is 19.1. The topological polar surface area (TPSA) is 54.3 Å². The number of carbonyl (C=O) groups excluding carboxylic acids is 1. The first-order valence-corrected chi connectivity index (χ1v) is 7.01. The van der Waals surface area contributed by atoms with Gasteiger partial charge in [-0.3, -0.25) is 4.79 Å². The molecule has 1 aromatic carbocycles. The molecule has 21 heavy (non-hydrogen) atoms. The van der Waals surface area contributed by atoms with Crippen LogP contribution in [-0.4, -0.2) is 15.6 Å². The van der Waals surface area contributed by atoms with E-state index in [1.54, 1.807) is 29.1 Å². The molecular formula is C16H17FN2O2. The molecule has 1 aromatic heterocycles. The molecule has 5 heteroatoms. The summed E-state index contributed by atoms with van der Waals surface area (Å²) in [6, 6.07) is 7.88. The number of hydrogen-bond donors (Lipinski definition) is 2. The van der Waals surface area contributed by atoms with Crippen molar-refractivity contribution < 1.29 is 14.3 Å². The maximum absolute atomic E-state index is 13.4. The second kappa shape index (κ2) is 5.69. The lowest BCUT2D eigenvalue weighted by molar-refractivity contribution is -0.116. The summed E-state index contributed by atoms with van der Waals surface area (Å²) in [5, 5.41) is 12.6. The fourth-order valence-electron chi connectivity index (χ4n) is 2.33. The zero-order chi connectivity index (χ0) is 14.8. The number of carbonyl (C=O) groups is 1. The van der Waals surface area contributed by atoms with Crippen molar-refractivity contribution in [3.8, 4) is 0 Å². The number of amides is 1. The van der Waals surface area contributed by atoms with Crippen LogP contribution < -0.4 is 5.32 Å². The first kappa shape index (κ1) is 13.8. The molecule has 0 saturated heterocycles. The van der Waals surface area contributed by atoms with Gasteiger partial charge >= 0.3 is 0 Å². The average molecular weight is 288 g/mol. The van der Waals surface area contributed by atoms with Crippen LogP contribution in [0.3, 0.4) is 0 Å². The van der Waals surface area contributed by atoms with Gasteiger partial charge in [-0.25, -0.2) is 4.39 Å². The van der Waals surface area contributed by atoms with Crippen LogP contribution in [-0.2, 0) is 11.3 Å². The molecule has 2 aromatic rings. The minimum Gasteiger partial charge on any atom is -0.388 e. The maximum atomic E-state index is 13.4. The first-order chi connectivity index (χ1) is 10.1. The number of aliphatic hydroxyl groups excluding tert-OH is 1. The number of aliphatic hydroxyl groups is 1. The average Bonchev–Trinajstić information content (AvgIpc) is 3.21. The van der Waals surface area contributed by atoms with E-state index in [1.165, 1.54) is 12.1 Å². The van der Waals surface area contributed by atoms with Gasteiger partial charge in [0, 0.05) is 12.4 Å². The van der Waals surface area contributed by atoms with E-state index in [0.717, 1.165) is 18.4 Å². The van der Waals surface area contributed by atoms with Crippen molar-refractivity contribution in [1.29, 1.82) is 0 Å². The largest absolute Gasteiger partial charge is 0.388 e. The molecule has 4 nitrogen and oxygen atoms in total. The Morgan fingerprint density at radius 2 is 2.14 bits per heavy atom. The van der Waals surface area contributed by atoms with Gasteiger partial charge in [0.25, 0.3) is 0 Å². The molecule has 1 unspecified atom stereocenters. The Kier molecular flexibility index (Phi) is 3.75. The Labute approximate surface area is 122 Å². The number of aromatic nitrogens is 1. The van der Waals surface area contributed by atoms with Gasteiger partial charge < -0.3 is 15.0 Å². The minimum atomic E-state index is -0.455. The second-order valence-corrected chi connectivity index (χ2v) is 5.43. The van der Waals surface area contributed by atoms with Crippen molar-refractivity contribution in [3.63, 3.8) is 0 Å². The van der Waals surface area contributed by atoms with Crippen molar-refractivity contribution in [3.05, 3.63) is 54.1 Å². The Balaban J connectivity index is 1.61. The van der Waals surface area contributed by atoms with Crippen molar-refractivity contribution in [2.24, 2.45) is 5.92 Å². The van der Waals surface area contributed by atoms with E-state index in [-0.39, 0.29) is 18.1 Å². The Bertz CT molecular complexity index is 649. The van der Waals surface area contributed by atoms with Gasteiger partial charge in [0.15, 0.2) is 0 Å². The molecule has 0 radical (unpaired) electrons. The van der Waals surface area contributed by atoms with Gasteiger partial charge in [0.2, 0.25) is 5.91 Å². The molecule has 1 saturated carbocycles. The van der Waals surface area contributed by atoms with Gasteiger partial charge in [-0.15, -0.1) is 0 Å². The molecule has 1 aliphatic carbocycles. The van der Waals surface area contributed by atoms with Crippen LogP contribution in [0.4, 0.5) is 10.1 Å². The number of rotatable bonds is 5. The van der Waals surface area contributed by atoms with Crippen LogP contribution in [0.2, 0.25) is 0 Å². The predicted molar refractivity (Wildman–Crippen MR) is 77.1 cm³/mol. The first-order valence-electron chi connectivity index (χ1n) is 7.01. The number of para-hydroxylation sites is 1. The number of nitrogens with one attached hydrogen (secondary N) is 1. The fraction of sp³-hybridized carbons (Fsp3) is 0.312.